The molecule has 2 aromatic heterocycles. The Hall–Kier alpha value is -2.16. The maximum absolute atomic E-state index is 13.6. The van der Waals surface area contributed by atoms with Gasteiger partial charge in [-0.2, -0.15) is 18.3 Å². The molecule has 0 N–H and O–H groups in total. The standard InChI is InChI=1S/C22H30F3N5O/c1-14(2)17-10-19(22(23,24)25)30-20(26-17)11-18(27-30)16-6-9-29(12-16)21(31)13-28-7-4-15(3)5-8-28/h10-11,14-16H,4-9,12-13H2,1-3H3/t16-/m1/s1. The molecule has 0 spiro atoms. The second-order valence-corrected chi connectivity index (χ2v) is 9.34. The highest BCUT2D eigenvalue weighted by molar-refractivity contribution is 5.78. The van der Waals surface area contributed by atoms with Crippen LogP contribution >= 0.6 is 0 Å². The van der Waals surface area contributed by atoms with Gasteiger partial charge in [0.15, 0.2) is 5.65 Å². The summed E-state index contributed by atoms with van der Waals surface area (Å²) in [6, 6.07) is 2.73. The van der Waals surface area contributed by atoms with Gasteiger partial charge in [0.05, 0.1) is 12.2 Å². The summed E-state index contributed by atoms with van der Waals surface area (Å²) in [4.78, 5) is 21.2. The summed E-state index contributed by atoms with van der Waals surface area (Å²) in [5.41, 5.74) is 0.366. The third-order valence-electron chi connectivity index (χ3n) is 6.54. The molecule has 0 aliphatic carbocycles. The number of piperidine rings is 1. The zero-order valence-electron chi connectivity index (χ0n) is 18.3. The maximum atomic E-state index is 13.6. The normalized spacial score (nSPS) is 21.5. The van der Waals surface area contributed by atoms with Crippen LogP contribution in [0.4, 0.5) is 13.2 Å². The van der Waals surface area contributed by atoms with Crippen molar-refractivity contribution in [1.29, 1.82) is 0 Å². The Bertz CT molecular complexity index is 947. The Balaban J connectivity index is 1.50. The van der Waals surface area contributed by atoms with Gasteiger partial charge < -0.3 is 4.90 Å². The van der Waals surface area contributed by atoms with E-state index in [1.54, 1.807) is 6.07 Å². The molecule has 31 heavy (non-hydrogen) atoms. The van der Waals surface area contributed by atoms with Crippen LogP contribution in [0.5, 0.6) is 0 Å². The van der Waals surface area contributed by atoms with Crippen molar-refractivity contribution >= 4 is 11.6 Å². The fourth-order valence-electron chi connectivity index (χ4n) is 4.45. The first-order valence-electron chi connectivity index (χ1n) is 11.1. The summed E-state index contributed by atoms with van der Waals surface area (Å²) in [5, 5.41) is 4.27. The van der Waals surface area contributed by atoms with Gasteiger partial charge in [-0.15, -0.1) is 0 Å². The molecular formula is C22H30F3N5O. The number of amides is 1. The van der Waals surface area contributed by atoms with Crippen LogP contribution in [0.1, 0.15) is 69.0 Å². The van der Waals surface area contributed by atoms with Gasteiger partial charge in [-0.25, -0.2) is 9.50 Å². The van der Waals surface area contributed by atoms with E-state index >= 15 is 0 Å². The van der Waals surface area contributed by atoms with E-state index in [2.05, 4.69) is 21.9 Å². The van der Waals surface area contributed by atoms with Crippen LogP contribution < -0.4 is 0 Å². The van der Waals surface area contributed by atoms with Gasteiger partial charge in [0, 0.05) is 30.8 Å². The Kier molecular flexibility index (Phi) is 5.98. The van der Waals surface area contributed by atoms with Gasteiger partial charge in [-0.1, -0.05) is 20.8 Å². The Morgan fingerprint density at radius 1 is 1.16 bits per heavy atom. The first kappa shape index (κ1) is 22.0. The van der Waals surface area contributed by atoms with Crippen molar-refractivity contribution in [3.8, 4) is 0 Å². The predicted octanol–water partition coefficient (Wildman–Crippen LogP) is 3.92. The third kappa shape index (κ3) is 4.71. The topological polar surface area (TPSA) is 53.7 Å². The third-order valence-corrected chi connectivity index (χ3v) is 6.54. The van der Waals surface area contributed by atoms with Crippen LogP contribution in [0.15, 0.2) is 12.1 Å². The lowest BCUT2D eigenvalue weighted by Gasteiger charge is -2.30. The van der Waals surface area contributed by atoms with E-state index < -0.39 is 11.9 Å². The number of hydrogen-bond acceptors (Lipinski definition) is 4. The number of aromatic nitrogens is 3. The largest absolute Gasteiger partial charge is 0.433 e. The molecule has 0 saturated carbocycles. The van der Waals surface area contributed by atoms with Crippen molar-refractivity contribution in [3.63, 3.8) is 0 Å². The molecule has 9 heteroatoms. The van der Waals surface area contributed by atoms with E-state index in [0.717, 1.165) is 36.5 Å². The molecule has 2 aliphatic heterocycles. The van der Waals surface area contributed by atoms with Crippen LogP contribution in [0.3, 0.4) is 0 Å². The lowest BCUT2D eigenvalue weighted by atomic mass is 9.99. The predicted molar refractivity (Wildman–Crippen MR) is 111 cm³/mol. The van der Waals surface area contributed by atoms with Gasteiger partial charge in [-0.3, -0.25) is 9.69 Å². The molecule has 170 valence electrons. The van der Waals surface area contributed by atoms with E-state index in [1.165, 1.54) is 0 Å². The molecule has 0 radical (unpaired) electrons. The molecular weight excluding hydrogens is 407 g/mol. The van der Waals surface area contributed by atoms with Crippen LogP contribution in [0.25, 0.3) is 5.65 Å². The monoisotopic (exact) mass is 437 g/mol. The summed E-state index contributed by atoms with van der Waals surface area (Å²) in [5.74, 6) is 0.610. The lowest BCUT2D eigenvalue weighted by molar-refractivity contribution is -0.142. The van der Waals surface area contributed by atoms with Crippen molar-refractivity contribution in [1.82, 2.24) is 24.4 Å². The van der Waals surface area contributed by atoms with Gasteiger partial charge >= 0.3 is 6.18 Å². The molecule has 0 bridgehead atoms. The fraction of sp³-hybridized carbons (Fsp3) is 0.682. The van der Waals surface area contributed by atoms with E-state index in [0.29, 0.717) is 43.4 Å². The molecule has 2 saturated heterocycles. The molecule has 2 aliphatic rings. The first-order chi connectivity index (χ1) is 14.6. The number of carbonyl (C=O) groups is 1. The van der Waals surface area contributed by atoms with Crippen LogP contribution in [-0.2, 0) is 11.0 Å². The average molecular weight is 438 g/mol. The van der Waals surface area contributed by atoms with Crippen molar-refractivity contribution in [3.05, 3.63) is 29.2 Å². The summed E-state index contributed by atoms with van der Waals surface area (Å²) in [7, 11) is 0. The highest BCUT2D eigenvalue weighted by atomic mass is 19.4. The van der Waals surface area contributed by atoms with Crippen LogP contribution in [-0.4, -0.2) is 63.0 Å². The molecule has 0 unspecified atom stereocenters. The fourth-order valence-corrected chi connectivity index (χ4v) is 4.45. The molecule has 4 rings (SSSR count). The SMILES string of the molecule is CC1CCN(CC(=O)N2CC[C@@H](c3cc4nc(C(C)C)cc(C(F)(F)F)n4n3)C2)CC1. The number of alkyl halides is 3. The van der Waals surface area contributed by atoms with Crippen LogP contribution in [0, 0.1) is 5.92 Å². The van der Waals surface area contributed by atoms with Crippen molar-refractivity contribution < 1.29 is 18.0 Å². The quantitative estimate of drug-likeness (QED) is 0.728. The van der Waals surface area contributed by atoms with Gasteiger partial charge in [-0.05, 0) is 50.3 Å². The van der Waals surface area contributed by atoms with Crippen molar-refractivity contribution in [2.75, 3.05) is 32.7 Å². The molecule has 2 aromatic rings. The van der Waals surface area contributed by atoms with E-state index in [-0.39, 0.29) is 23.4 Å². The average Bonchev–Trinajstić information content (AvgIpc) is 3.35. The highest BCUT2D eigenvalue weighted by Gasteiger charge is 2.36. The Morgan fingerprint density at radius 3 is 2.52 bits per heavy atom. The minimum absolute atomic E-state index is 0.0735. The summed E-state index contributed by atoms with van der Waals surface area (Å²) >= 11 is 0. The molecule has 1 amide bonds. The van der Waals surface area contributed by atoms with Crippen molar-refractivity contribution in [2.45, 2.75) is 58.0 Å². The first-order valence-corrected chi connectivity index (χ1v) is 11.1. The minimum atomic E-state index is -4.52. The van der Waals surface area contributed by atoms with Gasteiger partial charge in [0.2, 0.25) is 5.91 Å². The molecule has 2 fully saturated rings. The Labute approximate surface area is 180 Å². The van der Waals surface area contributed by atoms with E-state index in [4.69, 9.17) is 0 Å². The number of rotatable bonds is 4. The highest BCUT2D eigenvalue weighted by Crippen LogP contribution is 2.33. The summed E-state index contributed by atoms with van der Waals surface area (Å²) in [6.07, 6.45) is -1.59. The zero-order valence-corrected chi connectivity index (χ0v) is 18.3. The Morgan fingerprint density at radius 2 is 1.87 bits per heavy atom. The number of likely N-dealkylation sites (tertiary alicyclic amines) is 2. The zero-order chi connectivity index (χ0) is 22.3. The van der Waals surface area contributed by atoms with E-state index in [9.17, 15) is 18.0 Å². The summed E-state index contributed by atoms with van der Waals surface area (Å²) < 4.78 is 41.8. The minimum Gasteiger partial charge on any atom is -0.341 e. The van der Waals surface area contributed by atoms with Crippen molar-refractivity contribution in [2.24, 2.45) is 5.92 Å². The summed E-state index contributed by atoms with van der Waals surface area (Å²) in [6.45, 7) is 9.29. The second kappa shape index (κ2) is 8.41. The molecule has 0 aromatic carbocycles. The van der Waals surface area contributed by atoms with Gasteiger partial charge in [0.25, 0.3) is 0 Å². The number of carbonyl (C=O) groups excluding carboxylic acids is 1. The maximum Gasteiger partial charge on any atom is 0.433 e. The smallest absolute Gasteiger partial charge is 0.341 e. The van der Waals surface area contributed by atoms with Gasteiger partial charge in [0.1, 0.15) is 5.69 Å². The lowest BCUT2D eigenvalue weighted by Crippen LogP contribution is -2.42. The molecule has 4 heterocycles. The second-order valence-electron chi connectivity index (χ2n) is 9.34. The number of halogens is 3. The molecule has 1 atom stereocenters. The number of fused-ring (bicyclic) bond motifs is 1. The van der Waals surface area contributed by atoms with Crippen LogP contribution in [0.2, 0.25) is 0 Å². The number of nitrogens with zero attached hydrogens (tertiary/aromatic N) is 5. The number of hydrogen-bond donors (Lipinski definition) is 0. The molecule has 6 nitrogen and oxygen atoms in total. The van der Waals surface area contributed by atoms with E-state index in [1.807, 2.05) is 18.7 Å².